The molecule has 1 rings (SSSR count). The second kappa shape index (κ2) is 2.20. The lowest BCUT2D eigenvalue weighted by Crippen LogP contribution is -2.48. The van der Waals surface area contributed by atoms with Gasteiger partial charge in [0.2, 0.25) is 0 Å². The highest BCUT2D eigenvalue weighted by Crippen LogP contribution is 2.34. The monoisotopic (exact) mass is 172 g/mol. The molecule has 4 nitrogen and oxygen atoms in total. The van der Waals surface area contributed by atoms with E-state index in [1.165, 1.54) is 0 Å². The van der Waals surface area contributed by atoms with E-state index >= 15 is 0 Å². The molecule has 0 aromatic carbocycles. The zero-order valence-electron chi connectivity index (χ0n) is 8.25. The molecular weight excluding hydrogens is 156 g/mol. The quantitative estimate of drug-likeness (QED) is 0.546. The zero-order chi connectivity index (χ0) is 9.73. The van der Waals surface area contributed by atoms with Gasteiger partial charge in [0, 0.05) is 0 Å². The van der Waals surface area contributed by atoms with E-state index in [2.05, 4.69) is 0 Å². The predicted molar refractivity (Wildman–Crippen MR) is 44.6 cm³/mol. The van der Waals surface area contributed by atoms with Crippen LogP contribution in [0.25, 0.3) is 0 Å². The number of likely N-dealkylation sites (N-methyl/N-ethyl adjacent to an activating group) is 1. The first-order valence-corrected chi connectivity index (χ1v) is 4.00. The molecule has 70 valence electrons. The Balaban J connectivity index is 3.12. The maximum Gasteiger partial charge on any atom is 0.267 e. The van der Waals surface area contributed by atoms with E-state index in [0.29, 0.717) is 0 Å². The van der Waals surface area contributed by atoms with E-state index < -0.39 is 11.2 Å². The summed E-state index contributed by atoms with van der Waals surface area (Å²) in [5.74, 6) is -0.255. The first-order chi connectivity index (χ1) is 5.22. The van der Waals surface area contributed by atoms with Gasteiger partial charge in [-0.05, 0) is 34.7 Å². The molecule has 1 fully saturated rings. The first kappa shape index (κ1) is 9.48. The number of carbonyl (C=O) groups excluding carboxylic acids is 1. The van der Waals surface area contributed by atoms with E-state index in [-0.39, 0.29) is 5.91 Å². The molecular formula is C8H16N2O2. The second-order valence-corrected chi connectivity index (χ2v) is 4.23. The molecule has 0 aromatic rings. The van der Waals surface area contributed by atoms with Gasteiger partial charge in [0.25, 0.3) is 5.91 Å². The van der Waals surface area contributed by atoms with Gasteiger partial charge in [-0.15, -0.1) is 0 Å². The average Bonchev–Trinajstić information content (AvgIpc) is 2.06. The molecule has 0 atom stereocenters. The first-order valence-electron chi connectivity index (χ1n) is 4.00. The Morgan fingerprint density at radius 1 is 1.25 bits per heavy atom. The number of rotatable bonds is 0. The molecule has 1 saturated heterocycles. The number of hydrogen-bond donors (Lipinski definition) is 1. The Labute approximate surface area is 72.7 Å². The van der Waals surface area contributed by atoms with E-state index in [0.717, 1.165) is 5.06 Å². The highest BCUT2D eigenvalue weighted by molar-refractivity contribution is 5.87. The van der Waals surface area contributed by atoms with Crippen LogP contribution in [0, 0.1) is 0 Å². The maximum absolute atomic E-state index is 11.5. The molecule has 0 aromatic heterocycles. The van der Waals surface area contributed by atoms with E-state index in [1.54, 1.807) is 27.7 Å². The van der Waals surface area contributed by atoms with Gasteiger partial charge < -0.3 is 0 Å². The number of carbonyl (C=O) groups is 1. The summed E-state index contributed by atoms with van der Waals surface area (Å²) in [5, 5.41) is 10.3. The Hall–Kier alpha value is -0.610. The molecule has 0 bridgehead atoms. The topological polar surface area (TPSA) is 43.8 Å². The van der Waals surface area contributed by atoms with Crippen molar-refractivity contribution in [2.24, 2.45) is 0 Å². The van der Waals surface area contributed by atoms with Gasteiger partial charge in [0.05, 0.1) is 5.54 Å². The van der Waals surface area contributed by atoms with Crippen molar-refractivity contribution in [2.45, 2.75) is 38.9 Å². The number of hydroxylamine groups is 2. The van der Waals surface area contributed by atoms with Crippen LogP contribution < -0.4 is 0 Å². The SMILES string of the molecule is CN1C(C)(C)C(=O)N(O)C1(C)C. The summed E-state index contributed by atoms with van der Waals surface area (Å²) in [6, 6.07) is 0. The lowest BCUT2D eigenvalue weighted by Gasteiger charge is -2.34. The van der Waals surface area contributed by atoms with Crippen LogP contribution in [-0.4, -0.2) is 39.3 Å². The third-order valence-corrected chi connectivity index (χ3v) is 2.89. The largest absolute Gasteiger partial charge is 0.284 e. The van der Waals surface area contributed by atoms with Gasteiger partial charge in [-0.3, -0.25) is 14.9 Å². The van der Waals surface area contributed by atoms with Crippen molar-refractivity contribution >= 4 is 5.91 Å². The van der Waals surface area contributed by atoms with Crippen LogP contribution >= 0.6 is 0 Å². The summed E-state index contributed by atoms with van der Waals surface area (Å²) in [6.07, 6.45) is 0. The minimum Gasteiger partial charge on any atom is -0.284 e. The molecule has 0 radical (unpaired) electrons. The average molecular weight is 172 g/mol. The lowest BCUT2D eigenvalue weighted by molar-refractivity contribution is -0.185. The summed E-state index contributed by atoms with van der Waals surface area (Å²) < 4.78 is 0. The van der Waals surface area contributed by atoms with E-state index in [1.807, 2.05) is 11.9 Å². The van der Waals surface area contributed by atoms with Gasteiger partial charge in [0.15, 0.2) is 0 Å². The van der Waals surface area contributed by atoms with Crippen LogP contribution in [0.1, 0.15) is 27.7 Å². The third kappa shape index (κ3) is 0.881. The van der Waals surface area contributed by atoms with Crippen LogP contribution in [0.3, 0.4) is 0 Å². The van der Waals surface area contributed by atoms with Gasteiger partial charge in [-0.25, -0.2) is 5.06 Å². The Kier molecular flexibility index (Phi) is 1.74. The molecule has 1 aliphatic rings. The molecule has 0 spiro atoms. The molecule has 0 unspecified atom stereocenters. The van der Waals surface area contributed by atoms with Gasteiger partial charge >= 0.3 is 0 Å². The predicted octanol–water partition coefficient (Wildman–Crippen LogP) is 0.664. The Morgan fingerprint density at radius 3 is 1.75 bits per heavy atom. The lowest BCUT2D eigenvalue weighted by atomic mass is 10.0. The second-order valence-electron chi connectivity index (χ2n) is 4.23. The number of amides is 1. The van der Waals surface area contributed by atoms with Crippen molar-refractivity contribution < 1.29 is 10.0 Å². The number of hydrogen-bond acceptors (Lipinski definition) is 3. The summed E-state index contributed by atoms with van der Waals surface area (Å²) in [7, 11) is 1.83. The van der Waals surface area contributed by atoms with Crippen LogP contribution in [0.4, 0.5) is 0 Å². The van der Waals surface area contributed by atoms with Crippen molar-refractivity contribution in [1.82, 2.24) is 9.96 Å². The summed E-state index contributed by atoms with van der Waals surface area (Å²) in [4.78, 5) is 13.3. The van der Waals surface area contributed by atoms with Crippen molar-refractivity contribution in [3.8, 4) is 0 Å². The third-order valence-electron chi connectivity index (χ3n) is 2.89. The molecule has 1 amide bonds. The van der Waals surface area contributed by atoms with E-state index in [4.69, 9.17) is 0 Å². The normalized spacial score (nSPS) is 28.2. The molecule has 1 aliphatic heterocycles. The van der Waals surface area contributed by atoms with Crippen molar-refractivity contribution in [3.63, 3.8) is 0 Å². The fraction of sp³-hybridized carbons (Fsp3) is 0.875. The van der Waals surface area contributed by atoms with Crippen LogP contribution in [-0.2, 0) is 4.79 Å². The highest BCUT2D eigenvalue weighted by atomic mass is 16.5. The van der Waals surface area contributed by atoms with Crippen LogP contribution in [0.5, 0.6) is 0 Å². The summed E-state index contributed by atoms with van der Waals surface area (Å²) in [6.45, 7) is 7.21. The van der Waals surface area contributed by atoms with Gasteiger partial charge in [0.1, 0.15) is 5.66 Å². The molecule has 1 heterocycles. The molecule has 4 heteroatoms. The molecule has 1 N–H and O–H groups in total. The fourth-order valence-electron chi connectivity index (χ4n) is 1.48. The number of nitrogens with zero attached hydrogens (tertiary/aromatic N) is 2. The van der Waals surface area contributed by atoms with Crippen molar-refractivity contribution in [1.29, 1.82) is 0 Å². The molecule has 0 saturated carbocycles. The van der Waals surface area contributed by atoms with Crippen LogP contribution in [0.15, 0.2) is 0 Å². The van der Waals surface area contributed by atoms with Crippen molar-refractivity contribution in [2.75, 3.05) is 7.05 Å². The van der Waals surface area contributed by atoms with Crippen LogP contribution in [0.2, 0.25) is 0 Å². The summed E-state index contributed by atoms with van der Waals surface area (Å²) in [5.41, 5.74) is -1.22. The highest BCUT2D eigenvalue weighted by Gasteiger charge is 2.54. The van der Waals surface area contributed by atoms with Crippen molar-refractivity contribution in [3.05, 3.63) is 0 Å². The summed E-state index contributed by atoms with van der Waals surface area (Å²) >= 11 is 0. The smallest absolute Gasteiger partial charge is 0.267 e. The van der Waals surface area contributed by atoms with Gasteiger partial charge in [-0.2, -0.15) is 0 Å². The minimum atomic E-state index is -0.613. The van der Waals surface area contributed by atoms with E-state index in [9.17, 15) is 10.0 Å². The Bertz CT molecular complexity index is 223. The van der Waals surface area contributed by atoms with Gasteiger partial charge in [-0.1, -0.05) is 0 Å². The Morgan fingerprint density at radius 2 is 1.67 bits per heavy atom. The maximum atomic E-state index is 11.5. The minimum absolute atomic E-state index is 0.255. The fourth-order valence-corrected chi connectivity index (χ4v) is 1.48. The molecule has 0 aliphatic carbocycles. The molecule has 12 heavy (non-hydrogen) atoms. The zero-order valence-corrected chi connectivity index (χ0v) is 8.25. The standard InChI is InChI=1S/C8H16N2O2/c1-7(2)6(11)10(12)8(3,4)9(7)5/h12H,1-5H3.